The van der Waals surface area contributed by atoms with Gasteiger partial charge in [-0.15, -0.1) is 10.2 Å². The van der Waals surface area contributed by atoms with Gasteiger partial charge in [0.1, 0.15) is 11.3 Å². The maximum absolute atomic E-state index is 13.8. The molecule has 1 aliphatic heterocycles. The van der Waals surface area contributed by atoms with Crippen LogP contribution in [0.15, 0.2) is 95.0 Å². The van der Waals surface area contributed by atoms with E-state index in [1.165, 1.54) is 44.3 Å². The highest BCUT2D eigenvalue weighted by Crippen LogP contribution is 2.44. The predicted molar refractivity (Wildman–Crippen MR) is 179 cm³/mol. The number of aliphatic hydroxyl groups excluding tert-OH is 1. The predicted octanol–water partition coefficient (Wildman–Crippen LogP) is 7.44. The second-order valence-corrected chi connectivity index (χ2v) is 13.2. The van der Waals surface area contributed by atoms with Crippen LogP contribution in [0.3, 0.4) is 0 Å². The van der Waals surface area contributed by atoms with Gasteiger partial charge in [0.15, 0.2) is 10.1 Å². The molecule has 1 saturated heterocycles. The average molecular weight is 632 g/mol. The molecule has 224 valence electrons. The molecule has 10 heteroatoms. The molecule has 0 radical (unpaired) electrons. The first-order valence-electron chi connectivity index (χ1n) is 14.6. The lowest BCUT2D eigenvalue weighted by molar-refractivity contribution is -0.132. The summed E-state index contributed by atoms with van der Waals surface area (Å²) in [5, 5.41) is 23.1. The second-order valence-electron chi connectivity index (χ2n) is 11.0. The number of nitrogens with zero attached hydrogens (tertiary/aromatic N) is 5. The zero-order chi connectivity index (χ0) is 31.2. The Morgan fingerprint density at radius 3 is 2.51 bits per heavy atom. The highest BCUT2D eigenvalue weighted by Gasteiger charge is 2.48. The van der Waals surface area contributed by atoms with Crippen LogP contribution in [0.1, 0.15) is 46.6 Å². The van der Waals surface area contributed by atoms with E-state index < -0.39 is 17.7 Å². The molecule has 0 saturated carbocycles. The Morgan fingerprint density at radius 1 is 0.956 bits per heavy atom. The van der Waals surface area contributed by atoms with Gasteiger partial charge in [-0.1, -0.05) is 103 Å². The Kier molecular flexibility index (Phi) is 7.47. The summed E-state index contributed by atoms with van der Waals surface area (Å²) in [6.07, 6.45) is 2.70. The summed E-state index contributed by atoms with van der Waals surface area (Å²) in [7, 11) is 0. The zero-order valence-electron chi connectivity index (χ0n) is 24.9. The molecule has 1 amide bonds. The van der Waals surface area contributed by atoms with E-state index in [0.29, 0.717) is 32.1 Å². The number of hydrogen-bond acceptors (Lipinski definition) is 8. The van der Waals surface area contributed by atoms with Crippen molar-refractivity contribution in [1.82, 2.24) is 19.6 Å². The van der Waals surface area contributed by atoms with Gasteiger partial charge in [-0.2, -0.15) is 0 Å². The second kappa shape index (κ2) is 11.6. The van der Waals surface area contributed by atoms with Crippen LogP contribution in [0, 0.1) is 13.8 Å². The highest BCUT2D eigenvalue weighted by molar-refractivity contribution is 8.00. The van der Waals surface area contributed by atoms with Gasteiger partial charge >= 0.3 is 5.91 Å². The number of amides is 1. The molecular formula is C35H29N5O3S2. The van der Waals surface area contributed by atoms with Crippen molar-refractivity contribution in [2.24, 2.45) is 0 Å². The Labute approximate surface area is 268 Å². The number of thioether (sulfide) groups is 1. The quantitative estimate of drug-likeness (QED) is 0.0643. The molecule has 0 bridgehead atoms. The van der Waals surface area contributed by atoms with Crippen LogP contribution in [-0.2, 0) is 21.8 Å². The summed E-state index contributed by atoms with van der Waals surface area (Å²) in [5.74, 6) is -1.19. The molecule has 1 atom stereocenters. The number of aliphatic hydroxyl groups is 1. The van der Waals surface area contributed by atoms with E-state index >= 15 is 0 Å². The fourth-order valence-electron chi connectivity index (χ4n) is 5.87. The van der Waals surface area contributed by atoms with Gasteiger partial charge in [-0.3, -0.25) is 14.5 Å². The Balaban J connectivity index is 1.29. The molecular weight excluding hydrogens is 603 g/mol. The molecule has 8 nitrogen and oxygen atoms in total. The number of aryl methyl sites for hydroxylation is 3. The van der Waals surface area contributed by atoms with Crippen LogP contribution in [0.5, 0.6) is 0 Å². The van der Waals surface area contributed by atoms with Gasteiger partial charge in [0.2, 0.25) is 5.13 Å². The van der Waals surface area contributed by atoms with Gasteiger partial charge in [0.25, 0.3) is 5.78 Å². The first-order valence-corrected chi connectivity index (χ1v) is 16.4. The Bertz CT molecular complexity index is 2140. The van der Waals surface area contributed by atoms with E-state index in [-0.39, 0.29) is 17.0 Å². The third-order valence-corrected chi connectivity index (χ3v) is 10.4. The molecule has 6 aromatic rings. The van der Waals surface area contributed by atoms with Crippen molar-refractivity contribution < 1.29 is 14.7 Å². The largest absolute Gasteiger partial charge is 0.505 e. The van der Waals surface area contributed by atoms with Crippen molar-refractivity contribution in [3.05, 3.63) is 124 Å². The first-order chi connectivity index (χ1) is 21.9. The minimum Gasteiger partial charge on any atom is -0.505 e. The zero-order valence-corrected chi connectivity index (χ0v) is 26.5. The van der Waals surface area contributed by atoms with E-state index in [1.54, 1.807) is 0 Å². The third kappa shape index (κ3) is 5.00. The van der Waals surface area contributed by atoms with E-state index in [4.69, 9.17) is 4.98 Å². The molecule has 0 aliphatic carbocycles. The van der Waals surface area contributed by atoms with Crippen LogP contribution >= 0.6 is 23.1 Å². The fourth-order valence-corrected chi connectivity index (χ4v) is 7.74. The number of pyridine rings is 1. The molecule has 1 unspecified atom stereocenters. The van der Waals surface area contributed by atoms with Crippen molar-refractivity contribution in [1.29, 1.82) is 0 Å². The average Bonchev–Trinajstić information content (AvgIpc) is 3.74. The molecule has 0 spiro atoms. The molecule has 1 aliphatic rings. The summed E-state index contributed by atoms with van der Waals surface area (Å²) in [6.45, 7) is 5.83. The summed E-state index contributed by atoms with van der Waals surface area (Å²) in [6, 6.07) is 25.1. The number of benzene rings is 3. The monoisotopic (exact) mass is 631 g/mol. The lowest BCUT2D eigenvalue weighted by Gasteiger charge is -2.22. The van der Waals surface area contributed by atoms with E-state index in [9.17, 15) is 14.7 Å². The number of ketones is 1. The van der Waals surface area contributed by atoms with Gasteiger partial charge in [0.05, 0.1) is 17.3 Å². The molecule has 1 fully saturated rings. The molecule has 7 rings (SSSR count). The van der Waals surface area contributed by atoms with Crippen LogP contribution in [0.2, 0.25) is 0 Å². The first kappa shape index (κ1) is 28.9. The van der Waals surface area contributed by atoms with Crippen LogP contribution in [0.4, 0.5) is 5.13 Å². The summed E-state index contributed by atoms with van der Waals surface area (Å²) in [4.78, 5) is 33.6. The van der Waals surface area contributed by atoms with Crippen LogP contribution in [0.25, 0.3) is 22.2 Å². The maximum atomic E-state index is 13.8. The lowest BCUT2D eigenvalue weighted by Crippen LogP contribution is -2.29. The van der Waals surface area contributed by atoms with Crippen molar-refractivity contribution in [3.63, 3.8) is 0 Å². The van der Waals surface area contributed by atoms with Crippen molar-refractivity contribution in [2.45, 2.75) is 43.3 Å². The summed E-state index contributed by atoms with van der Waals surface area (Å²) >= 11 is 2.78. The van der Waals surface area contributed by atoms with E-state index in [2.05, 4.69) is 41.4 Å². The molecule has 1 N–H and O–H groups in total. The Morgan fingerprint density at radius 2 is 1.73 bits per heavy atom. The number of imidazole rings is 1. The number of hydrogen-bond donors (Lipinski definition) is 1. The SMILES string of the molecule is CCc1ccc(C2C(=C(O)c3nc4c(C)cccn4c3C)C(=O)C(=O)N2c2nnc(SCc3cccc4ccccc34)s2)cc1. The third-order valence-electron chi connectivity index (χ3n) is 8.29. The minimum absolute atomic E-state index is 0.0198. The smallest absolute Gasteiger partial charge is 0.301 e. The molecule has 3 aromatic heterocycles. The van der Waals surface area contributed by atoms with Gasteiger partial charge in [-0.25, -0.2) is 4.98 Å². The lowest BCUT2D eigenvalue weighted by atomic mass is 9.95. The number of anilines is 1. The molecule has 3 aromatic carbocycles. The number of aromatic nitrogens is 4. The van der Waals surface area contributed by atoms with Crippen LogP contribution in [-0.4, -0.2) is 36.4 Å². The molecule has 45 heavy (non-hydrogen) atoms. The van der Waals surface area contributed by atoms with Crippen LogP contribution < -0.4 is 4.90 Å². The van der Waals surface area contributed by atoms with Gasteiger partial charge in [0, 0.05) is 11.9 Å². The Hall–Kier alpha value is -4.80. The fraction of sp³-hybridized carbons (Fsp3) is 0.171. The molecule has 4 heterocycles. The number of Topliss-reactive ketones (excluding diaryl/α,β-unsaturated/α-hetero) is 1. The summed E-state index contributed by atoms with van der Waals surface area (Å²) in [5.41, 5.74) is 5.48. The highest BCUT2D eigenvalue weighted by atomic mass is 32.2. The van der Waals surface area contributed by atoms with E-state index in [1.807, 2.05) is 79.0 Å². The number of rotatable bonds is 7. The maximum Gasteiger partial charge on any atom is 0.301 e. The van der Waals surface area contributed by atoms with Gasteiger partial charge in [-0.05, 0) is 59.4 Å². The van der Waals surface area contributed by atoms with Gasteiger partial charge < -0.3 is 9.51 Å². The number of fused-ring (bicyclic) bond motifs is 2. The van der Waals surface area contributed by atoms with Crippen molar-refractivity contribution in [3.8, 4) is 0 Å². The number of carbonyl (C=O) groups is 2. The standard InChI is InChI=1S/C35H29N5O3S2/c1-4-22-14-16-24(17-15-22)29-27(30(41)28-21(3)39-18-8-9-20(2)32(39)36-28)31(42)33(43)40(29)34-37-38-35(45-34)44-19-25-12-7-11-23-10-5-6-13-26(23)25/h5-18,29,41H,4,19H2,1-3H3. The normalized spacial score (nSPS) is 16.3. The summed E-state index contributed by atoms with van der Waals surface area (Å²) < 4.78 is 2.54. The van der Waals surface area contributed by atoms with Crippen molar-refractivity contribution >= 4 is 62.1 Å². The van der Waals surface area contributed by atoms with E-state index in [0.717, 1.165) is 17.5 Å². The number of carbonyl (C=O) groups excluding carboxylic acids is 2. The topological polar surface area (TPSA) is 101 Å². The van der Waals surface area contributed by atoms with Crippen molar-refractivity contribution in [2.75, 3.05) is 4.90 Å². The minimum atomic E-state index is -0.898.